The molecule has 1 aliphatic carbocycles. The highest BCUT2D eigenvalue weighted by atomic mass is 14.6. The van der Waals surface area contributed by atoms with E-state index in [-0.39, 0.29) is 11.8 Å². The number of nitrogens with two attached hydrogens (primary N) is 1. The van der Waals surface area contributed by atoms with Gasteiger partial charge in [0, 0.05) is 11.6 Å². The molecule has 0 saturated heterocycles. The van der Waals surface area contributed by atoms with Gasteiger partial charge >= 0.3 is 0 Å². The number of rotatable bonds is 1. The third-order valence-corrected chi connectivity index (χ3v) is 3.40. The summed E-state index contributed by atoms with van der Waals surface area (Å²) in [7, 11) is 0. The van der Waals surface area contributed by atoms with Crippen molar-refractivity contribution in [3.63, 3.8) is 0 Å². The van der Waals surface area contributed by atoms with Gasteiger partial charge in [0.2, 0.25) is 0 Å². The van der Waals surface area contributed by atoms with Crippen LogP contribution in [0.2, 0.25) is 0 Å². The molecular weight excluding hydrogens is 208 g/mol. The number of benzene rings is 1. The van der Waals surface area contributed by atoms with Gasteiger partial charge in [-0.25, -0.2) is 0 Å². The van der Waals surface area contributed by atoms with Gasteiger partial charge in [-0.3, -0.25) is 0 Å². The molecule has 0 saturated carbocycles. The Labute approximate surface area is 102 Å². The SMILES string of the molecule is CC1=C(N)C(C#N)C(C)C(c2ccccc2)=C1. The molecule has 0 amide bonds. The maximum atomic E-state index is 9.22. The first-order chi connectivity index (χ1) is 8.15. The Balaban J connectivity index is 2.50. The molecular formula is C15H16N2. The summed E-state index contributed by atoms with van der Waals surface area (Å²) in [5, 5.41) is 9.22. The Morgan fingerprint density at radius 2 is 1.88 bits per heavy atom. The molecule has 1 aromatic carbocycles. The second kappa shape index (κ2) is 4.47. The average molecular weight is 224 g/mol. The molecule has 2 unspecified atom stereocenters. The monoisotopic (exact) mass is 224 g/mol. The van der Waals surface area contributed by atoms with Gasteiger partial charge in [-0.15, -0.1) is 0 Å². The van der Waals surface area contributed by atoms with Crippen LogP contribution < -0.4 is 5.73 Å². The zero-order chi connectivity index (χ0) is 12.4. The van der Waals surface area contributed by atoms with E-state index < -0.39 is 0 Å². The molecule has 2 nitrogen and oxygen atoms in total. The first-order valence-corrected chi connectivity index (χ1v) is 5.78. The first kappa shape index (κ1) is 11.5. The molecule has 0 heterocycles. The van der Waals surface area contributed by atoms with Gasteiger partial charge in [0.1, 0.15) is 0 Å². The van der Waals surface area contributed by atoms with Crippen molar-refractivity contribution in [1.29, 1.82) is 5.26 Å². The van der Waals surface area contributed by atoms with Crippen LogP contribution in [-0.4, -0.2) is 0 Å². The largest absolute Gasteiger partial charge is 0.401 e. The van der Waals surface area contributed by atoms with Gasteiger partial charge < -0.3 is 5.73 Å². The van der Waals surface area contributed by atoms with Crippen molar-refractivity contribution in [2.45, 2.75) is 13.8 Å². The Bertz CT molecular complexity index is 518. The summed E-state index contributed by atoms with van der Waals surface area (Å²) < 4.78 is 0. The fourth-order valence-electron chi connectivity index (χ4n) is 2.30. The minimum atomic E-state index is -0.213. The molecule has 1 aromatic rings. The Kier molecular flexibility index (Phi) is 3.01. The maximum Gasteiger partial charge on any atom is 0.0925 e. The number of nitriles is 1. The summed E-state index contributed by atoms with van der Waals surface area (Å²) in [6, 6.07) is 12.5. The molecule has 0 bridgehead atoms. The number of nitrogens with zero attached hydrogens (tertiary/aromatic N) is 1. The number of hydrogen-bond donors (Lipinski definition) is 1. The third kappa shape index (κ3) is 1.97. The summed E-state index contributed by atoms with van der Waals surface area (Å²) in [4.78, 5) is 0. The first-order valence-electron chi connectivity index (χ1n) is 5.78. The van der Waals surface area contributed by atoms with Crippen LogP contribution in [0.1, 0.15) is 19.4 Å². The van der Waals surface area contributed by atoms with Crippen LogP contribution >= 0.6 is 0 Å². The van der Waals surface area contributed by atoms with Crippen LogP contribution in [0.4, 0.5) is 0 Å². The van der Waals surface area contributed by atoms with Crippen LogP contribution in [-0.2, 0) is 0 Å². The molecule has 0 aliphatic heterocycles. The summed E-state index contributed by atoms with van der Waals surface area (Å²) in [5.41, 5.74) is 10.1. The van der Waals surface area contributed by atoms with Crippen LogP contribution in [0.25, 0.3) is 5.57 Å². The zero-order valence-corrected chi connectivity index (χ0v) is 10.1. The predicted molar refractivity (Wildman–Crippen MR) is 69.6 cm³/mol. The lowest BCUT2D eigenvalue weighted by Gasteiger charge is -2.27. The van der Waals surface area contributed by atoms with E-state index in [4.69, 9.17) is 5.73 Å². The van der Waals surface area contributed by atoms with Crippen molar-refractivity contribution in [2.24, 2.45) is 17.6 Å². The molecule has 0 radical (unpaired) electrons. The van der Waals surface area contributed by atoms with Crippen molar-refractivity contribution in [3.8, 4) is 6.07 Å². The minimum absolute atomic E-state index is 0.145. The summed E-state index contributed by atoms with van der Waals surface area (Å²) in [6.07, 6.45) is 2.10. The van der Waals surface area contributed by atoms with E-state index in [1.807, 2.05) is 25.1 Å². The van der Waals surface area contributed by atoms with Crippen molar-refractivity contribution in [2.75, 3.05) is 0 Å². The number of allylic oxidation sites excluding steroid dienone is 4. The molecule has 1 aliphatic rings. The zero-order valence-electron chi connectivity index (χ0n) is 10.1. The van der Waals surface area contributed by atoms with Gasteiger partial charge in [-0.05, 0) is 23.6 Å². The van der Waals surface area contributed by atoms with Crippen LogP contribution in [0.5, 0.6) is 0 Å². The van der Waals surface area contributed by atoms with Crippen LogP contribution in [0, 0.1) is 23.2 Å². The second-order valence-corrected chi connectivity index (χ2v) is 4.50. The highest BCUT2D eigenvalue weighted by Crippen LogP contribution is 2.37. The lowest BCUT2D eigenvalue weighted by molar-refractivity contribution is 0.591. The molecule has 0 spiro atoms. The van der Waals surface area contributed by atoms with E-state index in [0.29, 0.717) is 5.70 Å². The fourth-order valence-corrected chi connectivity index (χ4v) is 2.30. The number of hydrogen-bond acceptors (Lipinski definition) is 2. The van der Waals surface area contributed by atoms with E-state index >= 15 is 0 Å². The van der Waals surface area contributed by atoms with E-state index in [1.54, 1.807) is 0 Å². The van der Waals surface area contributed by atoms with E-state index in [9.17, 15) is 5.26 Å². The highest BCUT2D eigenvalue weighted by molar-refractivity contribution is 5.72. The van der Waals surface area contributed by atoms with Crippen molar-refractivity contribution < 1.29 is 0 Å². The highest BCUT2D eigenvalue weighted by Gasteiger charge is 2.28. The molecule has 2 atom stereocenters. The fraction of sp³-hybridized carbons (Fsp3) is 0.267. The van der Waals surface area contributed by atoms with Gasteiger partial charge in [0.15, 0.2) is 0 Å². The molecule has 2 rings (SSSR count). The Morgan fingerprint density at radius 3 is 2.47 bits per heavy atom. The quantitative estimate of drug-likeness (QED) is 0.796. The van der Waals surface area contributed by atoms with Gasteiger partial charge in [0.05, 0.1) is 12.0 Å². The summed E-state index contributed by atoms with van der Waals surface area (Å²) in [6.45, 7) is 4.03. The van der Waals surface area contributed by atoms with Crippen molar-refractivity contribution in [3.05, 3.63) is 53.2 Å². The smallest absolute Gasteiger partial charge is 0.0925 e. The lowest BCUT2D eigenvalue weighted by Crippen LogP contribution is -2.23. The summed E-state index contributed by atoms with van der Waals surface area (Å²) >= 11 is 0. The van der Waals surface area contributed by atoms with E-state index in [2.05, 4.69) is 31.2 Å². The third-order valence-electron chi connectivity index (χ3n) is 3.40. The topological polar surface area (TPSA) is 49.8 Å². The van der Waals surface area contributed by atoms with Gasteiger partial charge in [-0.1, -0.05) is 43.3 Å². The Morgan fingerprint density at radius 1 is 1.24 bits per heavy atom. The standard InChI is InChI=1S/C15H16N2/c1-10-8-13(12-6-4-3-5-7-12)11(2)14(9-16)15(10)17/h3-8,11,14H,17H2,1-2H3. The molecule has 86 valence electrons. The molecule has 2 N–H and O–H groups in total. The van der Waals surface area contributed by atoms with Crippen LogP contribution in [0.3, 0.4) is 0 Å². The summed E-state index contributed by atoms with van der Waals surface area (Å²) in [5.74, 6) is -0.0682. The lowest BCUT2D eigenvalue weighted by atomic mass is 9.77. The van der Waals surface area contributed by atoms with Crippen molar-refractivity contribution >= 4 is 5.57 Å². The van der Waals surface area contributed by atoms with E-state index in [0.717, 1.165) is 5.57 Å². The van der Waals surface area contributed by atoms with Gasteiger partial charge in [0.25, 0.3) is 0 Å². The Hall–Kier alpha value is -2.01. The van der Waals surface area contributed by atoms with Crippen LogP contribution in [0.15, 0.2) is 47.7 Å². The molecule has 17 heavy (non-hydrogen) atoms. The van der Waals surface area contributed by atoms with E-state index in [1.165, 1.54) is 11.1 Å². The molecule has 0 fully saturated rings. The predicted octanol–water partition coefficient (Wildman–Crippen LogP) is 3.09. The second-order valence-electron chi connectivity index (χ2n) is 4.50. The maximum absolute atomic E-state index is 9.22. The van der Waals surface area contributed by atoms with Gasteiger partial charge in [-0.2, -0.15) is 5.26 Å². The average Bonchev–Trinajstić information content (AvgIpc) is 2.36. The van der Waals surface area contributed by atoms with Crippen molar-refractivity contribution in [1.82, 2.24) is 0 Å². The normalized spacial score (nSPS) is 24.2. The molecule has 0 aromatic heterocycles. The molecule has 2 heteroatoms. The minimum Gasteiger partial charge on any atom is -0.401 e.